The van der Waals surface area contributed by atoms with Crippen molar-refractivity contribution in [3.63, 3.8) is 0 Å². The fourth-order valence-electron chi connectivity index (χ4n) is 1.82. The maximum atomic E-state index is 11.8. The number of nitrogens with zero attached hydrogens (tertiary/aromatic N) is 1. The Kier molecular flexibility index (Phi) is 3.48. The van der Waals surface area contributed by atoms with E-state index in [2.05, 4.69) is 15.9 Å². The van der Waals surface area contributed by atoms with Crippen LogP contribution in [0, 0.1) is 6.92 Å². The topological polar surface area (TPSA) is 20.3 Å². The normalized spacial score (nSPS) is 20.6. The van der Waals surface area contributed by atoms with Crippen molar-refractivity contribution in [3.05, 3.63) is 27.7 Å². The number of hydrogen-bond acceptors (Lipinski definition) is 1. The molecule has 2 rings (SSSR count). The van der Waals surface area contributed by atoms with Crippen molar-refractivity contribution in [3.8, 4) is 0 Å². The SMILES string of the molecule is Cc1cc(Cl)c(Cl)cc1N1CC(Br)CC1=O. The van der Waals surface area contributed by atoms with Crippen LogP contribution in [0.3, 0.4) is 0 Å². The summed E-state index contributed by atoms with van der Waals surface area (Å²) in [6, 6.07) is 3.54. The second-order valence-corrected chi connectivity index (χ2v) is 5.97. The Hall–Kier alpha value is -0.250. The van der Waals surface area contributed by atoms with Gasteiger partial charge in [0, 0.05) is 23.5 Å². The minimum absolute atomic E-state index is 0.114. The molecule has 1 atom stereocenters. The number of aryl methyl sites for hydroxylation is 1. The number of halogens is 3. The van der Waals surface area contributed by atoms with E-state index in [0.29, 0.717) is 23.0 Å². The molecule has 1 aromatic carbocycles. The van der Waals surface area contributed by atoms with Crippen molar-refractivity contribution in [2.75, 3.05) is 11.4 Å². The van der Waals surface area contributed by atoms with Crippen LogP contribution in [-0.2, 0) is 4.79 Å². The first-order valence-corrected chi connectivity index (χ1v) is 6.56. The molecule has 1 aliphatic heterocycles. The lowest BCUT2D eigenvalue weighted by atomic mass is 10.2. The minimum atomic E-state index is 0.114. The number of alkyl halides is 1. The molecule has 2 nitrogen and oxygen atoms in total. The highest BCUT2D eigenvalue weighted by atomic mass is 79.9. The van der Waals surface area contributed by atoms with Crippen molar-refractivity contribution in [1.29, 1.82) is 0 Å². The van der Waals surface area contributed by atoms with Gasteiger partial charge in [0.15, 0.2) is 0 Å². The van der Waals surface area contributed by atoms with Crippen LogP contribution in [0.15, 0.2) is 12.1 Å². The Bertz CT molecular complexity index is 450. The molecule has 0 N–H and O–H groups in total. The number of amides is 1. The molecule has 86 valence electrons. The van der Waals surface area contributed by atoms with Gasteiger partial charge in [0.2, 0.25) is 5.91 Å². The number of carbonyl (C=O) groups excluding carboxylic acids is 1. The van der Waals surface area contributed by atoms with E-state index in [4.69, 9.17) is 23.2 Å². The van der Waals surface area contributed by atoms with Crippen molar-refractivity contribution in [2.24, 2.45) is 0 Å². The van der Waals surface area contributed by atoms with Crippen LogP contribution >= 0.6 is 39.1 Å². The van der Waals surface area contributed by atoms with Crippen LogP contribution in [0.4, 0.5) is 5.69 Å². The molecule has 0 aromatic heterocycles. The molecule has 1 fully saturated rings. The first-order valence-electron chi connectivity index (χ1n) is 4.89. The zero-order valence-electron chi connectivity index (χ0n) is 8.64. The second-order valence-electron chi connectivity index (χ2n) is 3.86. The zero-order valence-corrected chi connectivity index (χ0v) is 11.7. The third-order valence-electron chi connectivity index (χ3n) is 2.61. The Balaban J connectivity index is 2.41. The van der Waals surface area contributed by atoms with Gasteiger partial charge in [-0.15, -0.1) is 0 Å². The quantitative estimate of drug-likeness (QED) is 0.720. The van der Waals surface area contributed by atoms with Gasteiger partial charge in [0.25, 0.3) is 0 Å². The van der Waals surface area contributed by atoms with E-state index in [1.54, 1.807) is 17.0 Å². The van der Waals surface area contributed by atoms with Crippen LogP contribution in [-0.4, -0.2) is 17.3 Å². The molecule has 1 heterocycles. The van der Waals surface area contributed by atoms with Crippen LogP contribution < -0.4 is 4.90 Å². The fourth-order valence-corrected chi connectivity index (χ4v) is 2.77. The Morgan fingerprint density at radius 3 is 2.56 bits per heavy atom. The summed E-state index contributed by atoms with van der Waals surface area (Å²) >= 11 is 15.3. The average molecular weight is 323 g/mol. The second kappa shape index (κ2) is 4.55. The Morgan fingerprint density at radius 2 is 2.00 bits per heavy atom. The molecule has 1 aliphatic rings. The highest BCUT2D eigenvalue weighted by Gasteiger charge is 2.29. The Labute approximate surface area is 113 Å². The van der Waals surface area contributed by atoms with E-state index in [1.807, 2.05) is 6.92 Å². The van der Waals surface area contributed by atoms with E-state index < -0.39 is 0 Å². The summed E-state index contributed by atoms with van der Waals surface area (Å²) in [5.41, 5.74) is 1.81. The summed E-state index contributed by atoms with van der Waals surface area (Å²) in [4.78, 5) is 13.7. The standard InChI is InChI=1S/C11H10BrCl2NO/c1-6-2-8(13)9(14)4-10(6)15-5-7(12)3-11(15)16/h2,4,7H,3,5H2,1H3. The van der Waals surface area contributed by atoms with E-state index in [-0.39, 0.29) is 10.7 Å². The molecule has 1 amide bonds. The van der Waals surface area contributed by atoms with Crippen molar-refractivity contribution in [1.82, 2.24) is 0 Å². The van der Waals surface area contributed by atoms with Gasteiger partial charge in [-0.1, -0.05) is 39.1 Å². The summed E-state index contributed by atoms with van der Waals surface area (Å²) < 4.78 is 0. The lowest BCUT2D eigenvalue weighted by molar-refractivity contribution is -0.117. The molecule has 0 radical (unpaired) electrons. The molecule has 1 saturated heterocycles. The van der Waals surface area contributed by atoms with Gasteiger partial charge in [-0.2, -0.15) is 0 Å². The van der Waals surface area contributed by atoms with Gasteiger partial charge in [-0.3, -0.25) is 4.79 Å². The van der Waals surface area contributed by atoms with Crippen LogP contribution in [0.5, 0.6) is 0 Å². The monoisotopic (exact) mass is 321 g/mol. The smallest absolute Gasteiger partial charge is 0.228 e. The summed E-state index contributed by atoms with van der Waals surface area (Å²) in [5, 5.41) is 0.998. The third-order valence-corrected chi connectivity index (χ3v) is 3.94. The molecule has 5 heteroatoms. The molecular formula is C11H10BrCl2NO. The average Bonchev–Trinajstić information content (AvgIpc) is 2.51. The summed E-state index contributed by atoms with van der Waals surface area (Å²) in [6.07, 6.45) is 0.527. The number of carbonyl (C=O) groups is 1. The van der Waals surface area contributed by atoms with E-state index >= 15 is 0 Å². The van der Waals surface area contributed by atoms with Gasteiger partial charge in [-0.05, 0) is 24.6 Å². The molecule has 1 aromatic rings. The Morgan fingerprint density at radius 1 is 1.38 bits per heavy atom. The third kappa shape index (κ3) is 2.22. The molecular weight excluding hydrogens is 313 g/mol. The molecule has 0 bridgehead atoms. The number of benzene rings is 1. The summed E-state index contributed by atoms with van der Waals surface area (Å²) in [5.74, 6) is 0.114. The summed E-state index contributed by atoms with van der Waals surface area (Å²) in [7, 11) is 0. The first-order chi connectivity index (χ1) is 7.49. The van der Waals surface area contributed by atoms with E-state index in [9.17, 15) is 4.79 Å². The maximum absolute atomic E-state index is 11.8. The zero-order chi connectivity index (χ0) is 11.9. The van der Waals surface area contributed by atoms with Crippen molar-refractivity contribution in [2.45, 2.75) is 18.2 Å². The highest BCUT2D eigenvalue weighted by Crippen LogP contribution is 2.33. The lowest BCUT2D eigenvalue weighted by Crippen LogP contribution is -2.25. The van der Waals surface area contributed by atoms with Gasteiger partial charge in [-0.25, -0.2) is 0 Å². The molecule has 16 heavy (non-hydrogen) atoms. The fraction of sp³-hybridized carbons (Fsp3) is 0.364. The van der Waals surface area contributed by atoms with Gasteiger partial charge in [0.05, 0.1) is 10.0 Å². The lowest BCUT2D eigenvalue weighted by Gasteiger charge is -2.19. The van der Waals surface area contributed by atoms with Crippen LogP contribution in [0.2, 0.25) is 10.0 Å². The van der Waals surface area contributed by atoms with Crippen molar-refractivity contribution < 1.29 is 4.79 Å². The van der Waals surface area contributed by atoms with E-state index in [1.165, 1.54) is 0 Å². The molecule has 1 unspecified atom stereocenters. The number of rotatable bonds is 1. The summed E-state index contributed by atoms with van der Waals surface area (Å²) in [6.45, 7) is 2.60. The van der Waals surface area contributed by atoms with Crippen LogP contribution in [0.25, 0.3) is 0 Å². The predicted molar refractivity (Wildman–Crippen MR) is 70.9 cm³/mol. The van der Waals surface area contributed by atoms with Gasteiger partial charge >= 0.3 is 0 Å². The largest absolute Gasteiger partial charge is 0.311 e. The van der Waals surface area contributed by atoms with Gasteiger partial charge < -0.3 is 4.90 Å². The minimum Gasteiger partial charge on any atom is -0.311 e. The number of anilines is 1. The molecule has 0 aliphatic carbocycles. The molecule has 0 saturated carbocycles. The van der Waals surface area contributed by atoms with E-state index in [0.717, 1.165) is 11.3 Å². The van der Waals surface area contributed by atoms with Crippen LogP contribution in [0.1, 0.15) is 12.0 Å². The highest BCUT2D eigenvalue weighted by molar-refractivity contribution is 9.09. The van der Waals surface area contributed by atoms with Gasteiger partial charge in [0.1, 0.15) is 0 Å². The first kappa shape index (κ1) is 12.2. The maximum Gasteiger partial charge on any atom is 0.228 e. The predicted octanol–water partition coefficient (Wildman–Crippen LogP) is 3.80. The van der Waals surface area contributed by atoms with Crippen molar-refractivity contribution >= 4 is 50.7 Å². The molecule has 0 spiro atoms. The number of hydrogen-bond donors (Lipinski definition) is 0.